The van der Waals surface area contributed by atoms with Gasteiger partial charge in [0.1, 0.15) is 6.10 Å². The zero-order valence-corrected chi connectivity index (χ0v) is 12.5. The van der Waals surface area contributed by atoms with E-state index in [2.05, 4.69) is 20.8 Å². The van der Waals surface area contributed by atoms with Gasteiger partial charge in [0.2, 0.25) is 0 Å². The third-order valence-electron chi connectivity index (χ3n) is 5.19. The molecule has 2 fully saturated rings. The predicted molar refractivity (Wildman–Crippen MR) is 69.4 cm³/mol. The summed E-state index contributed by atoms with van der Waals surface area (Å²) in [4.78, 5) is 11.6. The van der Waals surface area contributed by atoms with E-state index >= 15 is 0 Å². The Morgan fingerprint density at radius 2 is 1.88 bits per heavy atom. The van der Waals surface area contributed by atoms with Gasteiger partial charge >= 0.3 is 5.97 Å². The molecule has 5 heteroatoms. The summed E-state index contributed by atoms with van der Waals surface area (Å²) in [5.74, 6) is -0.155. The maximum Gasteiger partial charge on any atom is 0.358 e. The summed E-state index contributed by atoms with van der Waals surface area (Å²) in [6, 6.07) is 0. The second-order valence-corrected chi connectivity index (χ2v) is 8.28. The van der Waals surface area contributed by atoms with Crippen molar-refractivity contribution in [3.63, 3.8) is 0 Å². The number of carbonyl (C=O) groups excluding carboxylic acids is 1. The van der Waals surface area contributed by atoms with Crippen molar-refractivity contribution in [3.05, 3.63) is 0 Å². The molecule has 0 amide bonds. The molecular formula is C12H17Cl3O2. The minimum Gasteiger partial charge on any atom is -0.459 e. The van der Waals surface area contributed by atoms with Crippen LogP contribution in [-0.4, -0.2) is 15.9 Å². The summed E-state index contributed by atoms with van der Waals surface area (Å²) in [6.07, 6.45) is 3.03. The fourth-order valence-electron chi connectivity index (χ4n) is 3.50. The van der Waals surface area contributed by atoms with E-state index in [1.165, 1.54) is 6.42 Å². The van der Waals surface area contributed by atoms with Gasteiger partial charge in [-0.1, -0.05) is 55.6 Å². The van der Waals surface area contributed by atoms with E-state index in [4.69, 9.17) is 39.5 Å². The van der Waals surface area contributed by atoms with Gasteiger partial charge in [-0.25, -0.2) is 4.79 Å². The lowest BCUT2D eigenvalue weighted by Gasteiger charge is -2.38. The lowest BCUT2D eigenvalue weighted by Crippen LogP contribution is -2.40. The summed E-state index contributed by atoms with van der Waals surface area (Å²) in [6.45, 7) is 6.66. The zero-order chi connectivity index (χ0) is 13.1. The Labute approximate surface area is 117 Å². The predicted octanol–water partition coefficient (Wildman–Crippen LogP) is 4.11. The Morgan fingerprint density at radius 1 is 1.29 bits per heavy atom. The second-order valence-electron chi connectivity index (χ2n) is 6.00. The SMILES string of the molecule is CC1(C)[C@@H]2CC[C@@]1(C)[C@H](OC(=O)C(Cl)(Cl)Cl)C2. The average Bonchev–Trinajstić information content (AvgIpc) is 2.49. The Balaban J connectivity index is 2.14. The van der Waals surface area contributed by atoms with Crippen LogP contribution in [0.3, 0.4) is 0 Å². The van der Waals surface area contributed by atoms with Crippen LogP contribution >= 0.6 is 34.8 Å². The highest BCUT2D eigenvalue weighted by Gasteiger charge is 2.63. The molecule has 2 bridgehead atoms. The van der Waals surface area contributed by atoms with Gasteiger partial charge in [0.05, 0.1) is 0 Å². The van der Waals surface area contributed by atoms with E-state index in [-0.39, 0.29) is 16.9 Å². The number of halogens is 3. The van der Waals surface area contributed by atoms with E-state index in [1.54, 1.807) is 0 Å². The summed E-state index contributed by atoms with van der Waals surface area (Å²) < 4.78 is 3.44. The molecule has 0 radical (unpaired) electrons. The molecule has 0 unspecified atom stereocenters. The van der Waals surface area contributed by atoms with E-state index in [9.17, 15) is 4.79 Å². The standard InChI is InChI=1S/C12H17Cl3O2/c1-10(2)7-4-5-11(10,3)8(6-7)17-9(16)12(13,14)15/h7-8H,4-6H2,1-3H3/t7-,8-,11+/m1/s1. The van der Waals surface area contributed by atoms with Crippen molar-refractivity contribution in [3.8, 4) is 0 Å². The minimum atomic E-state index is -1.97. The molecule has 0 aromatic rings. The number of hydrogen-bond donors (Lipinski definition) is 0. The second kappa shape index (κ2) is 3.91. The fraction of sp³-hybridized carbons (Fsp3) is 0.917. The maximum atomic E-state index is 11.6. The number of fused-ring (bicyclic) bond motifs is 2. The quantitative estimate of drug-likeness (QED) is 0.538. The first-order valence-electron chi connectivity index (χ1n) is 5.87. The molecule has 17 heavy (non-hydrogen) atoms. The zero-order valence-electron chi connectivity index (χ0n) is 10.2. The highest BCUT2D eigenvalue weighted by Crippen LogP contribution is 2.66. The van der Waals surface area contributed by atoms with Gasteiger partial charge in [-0.3, -0.25) is 0 Å². The smallest absolute Gasteiger partial charge is 0.358 e. The highest BCUT2D eigenvalue weighted by atomic mass is 35.6. The molecule has 0 heterocycles. The molecular weight excluding hydrogens is 282 g/mol. The molecule has 98 valence electrons. The largest absolute Gasteiger partial charge is 0.459 e. The topological polar surface area (TPSA) is 26.3 Å². The third kappa shape index (κ3) is 1.97. The number of hydrogen-bond acceptors (Lipinski definition) is 2. The molecule has 0 saturated heterocycles. The first-order chi connectivity index (χ1) is 7.59. The van der Waals surface area contributed by atoms with Crippen molar-refractivity contribution in [1.29, 1.82) is 0 Å². The van der Waals surface area contributed by atoms with Crippen LogP contribution in [-0.2, 0) is 9.53 Å². The van der Waals surface area contributed by atoms with Gasteiger partial charge in [0.25, 0.3) is 3.79 Å². The van der Waals surface area contributed by atoms with Gasteiger partial charge in [0, 0.05) is 5.41 Å². The molecule has 2 aliphatic rings. The maximum absolute atomic E-state index is 11.6. The Morgan fingerprint density at radius 3 is 2.24 bits per heavy atom. The molecule has 3 atom stereocenters. The van der Waals surface area contributed by atoms with Crippen LogP contribution in [0.5, 0.6) is 0 Å². The Hall–Kier alpha value is 0.340. The highest BCUT2D eigenvalue weighted by molar-refractivity contribution is 6.75. The monoisotopic (exact) mass is 298 g/mol. The molecule has 0 aliphatic heterocycles. The summed E-state index contributed by atoms with van der Waals surface area (Å²) in [5.41, 5.74) is 0.189. The van der Waals surface area contributed by atoms with E-state index in [0.29, 0.717) is 5.92 Å². The third-order valence-corrected chi connectivity index (χ3v) is 5.66. The molecule has 2 saturated carbocycles. The number of esters is 1. The summed E-state index contributed by atoms with van der Waals surface area (Å²) in [7, 11) is 0. The average molecular weight is 300 g/mol. The first kappa shape index (κ1) is 13.8. The fourth-order valence-corrected chi connectivity index (χ4v) is 3.64. The lowest BCUT2D eigenvalue weighted by molar-refractivity contribution is -0.155. The van der Waals surface area contributed by atoms with Gasteiger partial charge < -0.3 is 4.74 Å². The summed E-state index contributed by atoms with van der Waals surface area (Å²) >= 11 is 16.6. The van der Waals surface area contributed by atoms with Crippen molar-refractivity contribution in [1.82, 2.24) is 0 Å². The van der Waals surface area contributed by atoms with Gasteiger partial charge in [0.15, 0.2) is 0 Å². The molecule has 0 N–H and O–H groups in total. The van der Waals surface area contributed by atoms with Gasteiger partial charge in [-0.2, -0.15) is 0 Å². The molecule has 2 aliphatic carbocycles. The minimum absolute atomic E-state index is 0.00322. The number of carbonyl (C=O) groups is 1. The number of rotatable bonds is 1. The molecule has 0 aromatic carbocycles. The van der Waals surface area contributed by atoms with Gasteiger partial charge in [-0.05, 0) is 30.6 Å². The van der Waals surface area contributed by atoms with Crippen LogP contribution < -0.4 is 0 Å². The Kier molecular flexibility index (Phi) is 3.17. The van der Waals surface area contributed by atoms with E-state index < -0.39 is 9.76 Å². The van der Waals surface area contributed by atoms with Crippen molar-refractivity contribution in [2.75, 3.05) is 0 Å². The van der Waals surface area contributed by atoms with Crippen LogP contribution in [0.25, 0.3) is 0 Å². The van der Waals surface area contributed by atoms with Crippen LogP contribution in [0, 0.1) is 16.7 Å². The number of alkyl halides is 3. The van der Waals surface area contributed by atoms with Crippen LogP contribution in [0.4, 0.5) is 0 Å². The summed E-state index contributed by atoms with van der Waals surface area (Å²) in [5, 5.41) is 0. The molecule has 0 aromatic heterocycles. The molecule has 2 nitrogen and oxygen atoms in total. The van der Waals surface area contributed by atoms with Crippen molar-refractivity contribution >= 4 is 40.8 Å². The Bertz CT molecular complexity index is 348. The van der Waals surface area contributed by atoms with Crippen LogP contribution in [0.2, 0.25) is 0 Å². The number of ether oxygens (including phenoxy) is 1. The van der Waals surface area contributed by atoms with E-state index in [1.807, 2.05) is 0 Å². The van der Waals surface area contributed by atoms with Crippen LogP contribution in [0.15, 0.2) is 0 Å². The van der Waals surface area contributed by atoms with Gasteiger partial charge in [-0.15, -0.1) is 0 Å². The molecule has 2 rings (SSSR count). The first-order valence-corrected chi connectivity index (χ1v) is 7.00. The van der Waals surface area contributed by atoms with E-state index in [0.717, 1.165) is 12.8 Å². The lowest BCUT2D eigenvalue weighted by atomic mass is 9.70. The van der Waals surface area contributed by atoms with Crippen molar-refractivity contribution < 1.29 is 9.53 Å². The normalized spacial score (nSPS) is 39.4. The molecule has 0 spiro atoms. The van der Waals surface area contributed by atoms with Crippen molar-refractivity contribution in [2.24, 2.45) is 16.7 Å². The van der Waals surface area contributed by atoms with Crippen LogP contribution in [0.1, 0.15) is 40.0 Å². The van der Waals surface area contributed by atoms with Crippen molar-refractivity contribution in [2.45, 2.75) is 49.9 Å².